The minimum atomic E-state index is -0.769. The van der Waals surface area contributed by atoms with E-state index in [1.165, 1.54) is 6.33 Å². The number of benzene rings is 1. The molecule has 0 spiro atoms. The fourth-order valence-electron chi connectivity index (χ4n) is 1.99. The molecular weight excluding hydrogens is 246 g/mol. The quantitative estimate of drug-likeness (QED) is 0.875. The Morgan fingerprint density at radius 3 is 2.37 bits per heavy atom. The molecule has 1 heterocycles. The maximum atomic E-state index is 10.4. The van der Waals surface area contributed by atoms with Gasteiger partial charge in [-0.2, -0.15) is 5.10 Å². The van der Waals surface area contributed by atoms with Gasteiger partial charge in [0.1, 0.15) is 23.7 Å². The molecule has 0 saturated heterocycles. The van der Waals surface area contributed by atoms with Crippen LogP contribution in [0.15, 0.2) is 24.5 Å². The number of aromatic nitrogens is 3. The van der Waals surface area contributed by atoms with Crippen LogP contribution in [0, 0.1) is 0 Å². The van der Waals surface area contributed by atoms with E-state index in [-0.39, 0.29) is 0 Å². The molecule has 2 aromatic rings. The molecule has 2 rings (SSSR count). The molecule has 0 aliphatic heterocycles. The minimum Gasteiger partial charge on any atom is -0.496 e. The summed E-state index contributed by atoms with van der Waals surface area (Å²) >= 11 is 0. The first kappa shape index (κ1) is 13.4. The molecule has 1 aromatic carbocycles. The molecule has 0 aliphatic carbocycles. The fraction of sp³-hybridized carbons (Fsp3) is 0.385. The van der Waals surface area contributed by atoms with Crippen LogP contribution in [0.25, 0.3) is 0 Å². The number of rotatable bonds is 5. The second-order valence-electron chi connectivity index (χ2n) is 4.10. The molecule has 0 radical (unpaired) electrons. The van der Waals surface area contributed by atoms with Crippen LogP contribution in [-0.2, 0) is 13.5 Å². The van der Waals surface area contributed by atoms with Crippen molar-refractivity contribution >= 4 is 0 Å². The first-order chi connectivity index (χ1) is 9.17. The van der Waals surface area contributed by atoms with Crippen LogP contribution < -0.4 is 9.47 Å². The average Bonchev–Trinajstić information content (AvgIpc) is 2.83. The van der Waals surface area contributed by atoms with Crippen LogP contribution in [0.1, 0.15) is 17.5 Å². The number of hydrogen-bond acceptors (Lipinski definition) is 5. The lowest BCUT2D eigenvalue weighted by Gasteiger charge is -2.17. The maximum absolute atomic E-state index is 10.4. The van der Waals surface area contributed by atoms with E-state index >= 15 is 0 Å². The monoisotopic (exact) mass is 263 g/mol. The molecule has 0 fully saturated rings. The van der Waals surface area contributed by atoms with Gasteiger partial charge in [0.05, 0.1) is 25.9 Å². The van der Waals surface area contributed by atoms with E-state index in [1.54, 1.807) is 38.1 Å². The van der Waals surface area contributed by atoms with Gasteiger partial charge in [-0.05, 0) is 12.1 Å². The van der Waals surface area contributed by atoms with E-state index in [0.717, 1.165) is 0 Å². The number of nitrogens with zero attached hydrogens (tertiary/aromatic N) is 3. The molecule has 0 saturated carbocycles. The van der Waals surface area contributed by atoms with Crippen LogP contribution in [0.4, 0.5) is 0 Å². The highest BCUT2D eigenvalue weighted by atomic mass is 16.5. The summed E-state index contributed by atoms with van der Waals surface area (Å²) in [5.74, 6) is 1.88. The van der Waals surface area contributed by atoms with Gasteiger partial charge in [0.25, 0.3) is 0 Å². The van der Waals surface area contributed by atoms with Gasteiger partial charge in [-0.3, -0.25) is 4.68 Å². The SMILES string of the molecule is COc1cccc(OC)c1C(O)Cc1ncnn1C. The standard InChI is InChI=1S/C13H17N3O3/c1-16-12(14-8-15-16)7-9(17)13-10(18-2)5-4-6-11(13)19-3/h4-6,8-9,17H,7H2,1-3H3. The summed E-state index contributed by atoms with van der Waals surface area (Å²) in [5.41, 5.74) is 0.621. The highest BCUT2D eigenvalue weighted by molar-refractivity contribution is 5.46. The predicted octanol–water partition coefficient (Wildman–Crippen LogP) is 1.11. The van der Waals surface area contributed by atoms with E-state index < -0.39 is 6.10 Å². The summed E-state index contributed by atoms with van der Waals surface area (Å²) in [6.07, 6.45) is 1.03. The molecule has 1 atom stereocenters. The van der Waals surface area contributed by atoms with Crippen LogP contribution in [0.2, 0.25) is 0 Å². The second-order valence-corrected chi connectivity index (χ2v) is 4.10. The molecule has 1 N–H and O–H groups in total. The number of hydrogen-bond donors (Lipinski definition) is 1. The number of aryl methyl sites for hydroxylation is 1. The van der Waals surface area contributed by atoms with Crippen molar-refractivity contribution in [1.82, 2.24) is 14.8 Å². The third kappa shape index (κ3) is 2.68. The number of aliphatic hydroxyl groups is 1. The fourth-order valence-corrected chi connectivity index (χ4v) is 1.99. The van der Waals surface area contributed by atoms with E-state index in [0.29, 0.717) is 29.3 Å². The summed E-state index contributed by atoms with van der Waals surface area (Å²) in [6.45, 7) is 0. The van der Waals surface area contributed by atoms with Crippen LogP contribution in [0.5, 0.6) is 11.5 Å². The smallest absolute Gasteiger partial charge is 0.138 e. The van der Waals surface area contributed by atoms with Gasteiger partial charge in [0.2, 0.25) is 0 Å². The van der Waals surface area contributed by atoms with Gasteiger partial charge in [0, 0.05) is 13.5 Å². The third-order valence-corrected chi connectivity index (χ3v) is 2.98. The molecule has 0 bridgehead atoms. The van der Waals surface area contributed by atoms with Crippen molar-refractivity contribution in [2.75, 3.05) is 14.2 Å². The Hall–Kier alpha value is -2.08. The van der Waals surface area contributed by atoms with Gasteiger partial charge >= 0.3 is 0 Å². The Bertz CT molecular complexity index is 532. The van der Waals surface area contributed by atoms with Gasteiger partial charge in [-0.1, -0.05) is 6.07 Å². The number of ether oxygens (including phenoxy) is 2. The van der Waals surface area contributed by atoms with E-state index in [9.17, 15) is 5.11 Å². The molecule has 6 heteroatoms. The Morgan fingerprint density at radius 1 is 1.26 bits per heavy atom. The van der Waals surface area contributed by atoms with Crippen molar-refractivity contribution in [1.29, 1.82) is 0 Å². The molecular formula is C13H17N3O3. The minimum absolute atomic E-state index is 0.341. The zero-order valence-electron chi connectivity index (χ0n) is 11.2. The average molecular weight is 263 g/mol. The Balaban J connectivity index is 2.32. The Kier molecular flexibility index (Phi) is 4.01. The molecule has 0 aliphatic rings. The lowest BCUT2D eigenvalue weighted by molar-refractivity contribution is 0.165. The number of methoxy groups -OCH3 is 2. The third-order valence-electron chi connectivity index (χ3n) is 2.98. The van der Waals surface area contributed by atoms with Crippen molar-refractivity contribution < 1.29 is 14.6 Å². The van der Waals surface area contributed by atoms with Crippen molar-refractivity contribution in [3.63, 3.8) is 0 Å². The van der Waals surface area contributed by atoms with Crippen molar-refractivity contribution in [3.8, 4) is 11.5 Å². The van der Waals surface area contributed by atoms with Crippen LogP contribution in [0.3, 0.4) is 0 Å². The maximum Gasteiger partial charge on any atom is 0.138 e. The Labute approximate surface area is 111 Å². The number of aliphatic hydroxyl groups excluding tert-OH is 1. The highest BCUT2D eigenvalue weighted by Gasteiger charge is 2.20. The summed E-state index contributed by atoms with van der Waals surface area (Å²) in [4.78, 5) is 4.10. The summed E-state index contributed by atoms with van der Waals surface area (Å²) in [5, 5.41) is 14.4. The van der Waals surface area contributed by atoms with Crippen molar-refractivity contribution in [3.05, 3.63) is 35.9 Å². The van der Waals surface area contributed by atoms with E-state index in [4.69, 9.17) is 9.47 Å². The largest absolute Gasteiger partial charge is 0.496 e. The van der Waals surface area contributed by atoms with E-state index in [2.05, 4.69) is 10.1 Å². The first-order valence-electron chi connectivity index (χ1n) is 5.89. The summed E-state index contributed by atoms with van der Waals surface area (Å²) < 4.78 is 12.2. The Morgan fingerprint density at radius 2 is 1.89 bits per heavy atom. The van der Waals surface area contributed by atoms with Crippen LogP contribution >= 0.6 is 0 Å². The van der Waals surface area contributed by atoms with Gasteiger partial charge < -0.3 is 14.6 Å². The zero-order chi connectivity index (χ0) is 13.8. The molecule has 1 aromatic heterocycles. The van der Waals surface area contributed by atoms with E-state index in [1.807, 2.05) is 6.07 Å². The van der Waals surface area contributed by atoms with Crippen molar-refractivity contribution in [2.24, 2.45) is 7.05 Å². The lowest BCUT2D eigenvalue weighted by Crippen LogP contribution is -2.10. The summed E-state index contributed by atoms with van der Waals surface area (Å²) in [6, 6.07) is 5.39. The second kappa shape index (κ2) is 5.71. The van der Waals surface area contributed by atoms with Gasteiger partial charge in [0.15, 0.2) is 0 Å². The molecule has 19 heavy (non-hydrogen) atoms. The molecule has 6 nitrogen and oxygen atoms in total. The highest BCUT2D eigenvalue weighted by Crippen LogP contribution is 2.35. The topological polar surface area (TPSA) is 69.4 Å². The summed E-state index contributed by atoms with van der Waals surface area (Å²) in [7, 11) is 4.91. The first-order valence-corrected chi connectivity index (χ1v) is 5.89. The normalized spacial score (nSPS) is 12.2. The lowest BCUT2D eigenvalue weighted by atomic mass is 10.0. The molecule has 1 unspecified atom stereocenters. The van der Waals surface area contributed by atoms with Gasteiger partial charge in [-0.15, -0.1) is 0 Å². The predicted molar refractivity (Wildman–Crippen MR) is 69.2 cm³/mol. The van der Waals surface area contributed by atoms with Crippen LogP contribution in [-0.4, -0.2) is 34.1 Å². The van der Waals surface area contributed by atoms with Gasteiger partial charge in [-0.25, -0.2) is 4.98 Å². The molecule has 0 amide bonds. The van der Waals surface area contributed by atoms with Crippen molar-refractivity contribution in [2.45, 2.75) is 12.5 Å². The molecule has 102 valence electrons. The zero-order valence-corrected chi connectivity index (χ0v) is 11.2.